The van der Waals surface area contributed by atoms with Gasteiger partial charge in [-0.1, -0.05) is 24.3 Å². The van der Waals surface area contributed by atoms with E-state index in [1.807, 2.05) is 0 Å². The lowest BCUT2D eigenvalue weighted by Crippen LogP contribution is -2.46. The number of para-hydroxylation sites is 1. The molecule has 0 aliphatic carbocycles. The van der Waals surface area contributed by atoms with Gasteiger partial charge in [0.15, 0.2) is 5.82 Å². The Morgan fingerprint density at radius 2 is 1.85 bits per heavy atom. The van der Waals surface area contributed by atoms with E-state index in [4.69, 9.17) is 5.73 Å². The summed E-state index contributed by atoms with van der Waals surface area (Å²) in [5, 5.41) is 3.72. The number of aromatic amines is 1. The van der Waals surface area contributed by atoms with Crippen LogP contribution in [0.15, 0.2) is 61.1 Å². The molecule has 0 saturated carbocycles. The minimum Gasteiger partial charge on any atom is -0.434 e. The third kappa shape index (κ3) is 5.76. The van der Waals surface area contributed by atoms with Crippen LogP contribution in [-0.2, 0) is 11.3 Å². The maximum absolute atomic E-state index is 13.5. The van der Waals surface area contributed by atoms with Gasteiger partial charge in [0, 0.05) is 36.0 Å². The fourth-order valence-corrected chi connectivity index (χ4v) is 3.99. The molecule has 4 N–H and O–H groups in total. The first kappa shape index (κ1) is 27.0. The second kappa shape index (κ2) is 11.1. The van der Waals surface area contributed by atoms with Crippen molar-refractivity contribution in [2.75, 3.05) is 7.05 Å². The topological polar surface area (TPSA) is 152 Å². The van der Waals surface area contributed by atoms with Gasteiger partial charge in [0.1, 0.15) is 17.5 Å². The fourth-order valence-electron chi connectivity index (χ4n) is 3.99. The molecule has 0 bridgehead atoms. The monoisotopic (exact) mass is 538 g/mol. The molecule has 0 radical (unpaired) electrons. The van der Waals surface area contributed by atoms with Gasteiger partial charge in [-0.2, -0.15) is 8.78 Å². The largest absolute Gasteiger partial charge is 0.434 e. The number of hydrogen-bond donors (Lipinski definition) is 3. The van der Waals surface area contributed by atoms with Crippen LogP contribution in [0.5, 0.6) is 5.75 Å². The molecule has 4 aromatic rings. The van der Waals surface area contributed by atoms with Crippen molar-refractivity contribution in [3.05, 3.63) is 83.7 Å². The van der Waals surface area contributed by atoms with Crippen LogP contribution in [0.3, 0.4) is 0 Å². The summed E-state index contributed by atoms with van der Waals surface area (Å²) in [7, 11) is 1.40. The molecule has 11 nitrogen and oxygen atoms in total. The highest BCUT2D eigenvalue weighted by Crippen LogP contribution is 2.24. The van der Waals surface area contributed by atoms with Crippen LogP contribution in [0, 0.1) is 0 Å². The Morgan fingerprint density at radius 1 is 1.13 bits per heavy atom. The van der Waals surface area contributed by atoms with Crippen molar-refractivity contribution in [2.45, 2.75) is 26.1 Å². The zero-order chi connectivity index (χ0) is 28.3. The Hall–Kier alpha value is -5.07. The Bertz CT molecular complexity index is 1560. The number of benzene rings is 2. The Kier molecular flexibility index (Phi) is 7.70. The zero-order valence-corrected chi connectivity index (χ0v) is 20.9. The number of primary amides is 1. The molecule has 2 aromatic carbocycles. The second-order valence-electron chi connectivity index (χ2n) is 8.53. The number of nitrogens with one attached hydrogen (secondary N) is 2. The normalized spacial score (nSPS) is 11.8. The number of carbonyl (C=O) groups is 4. The first-order chi connectivity index (χ1) is 18.6. The summed E-state index contributed by atoms with van der Waals surface area (Å²) in [6, 6.07) is 9.62. The molecule has 0 saturated heterocycles. The number of halogens is 2. The minimum atomic E-state index is -3.08. The molecule has 2 heterocycles. The molecule has 0 spiro atoms. The second-order valence-corrected chi connectivity index (χ2v) is 8.53. The predicted octanol–water partition coefficient (Wildman–Crippen LogP) is 2.53. The van der Waals surface area contributed by atoms with Gasteiger partial charge in [0.2, 0.25) is 11.8 Å². The summed E-state index contributed by atoms with van der Waals surface area (Å²) >= 11 is 0. The molecule has 2 aromatic heterocycles. The van der Waals surface area contributed by atoms with Gasteiger partial charge in [-0.05, 0) is 30.5 Å². The highest BCUT2D eigenvalue weighted by atomic mass is 19.3. The van der Waals surface area contributed by atoms with Crippen molar-refractivity contribution >= 4 is 34.4 Å². The number of carbonyl (C=O) groups excluding carboxylic acids is 4. The number of nitrogens with zero attached hydrogens (tertiary/aromatic N) is 3. The lowest BCUT2D eigenvalue weighted by molar-refractivity contribution is -0.124. The third-order valence-corrected chi connectivity index (χ3v) is 6.05. The van der Waals surface area contributed by atoms with Crippen molar-refractivity contribution in [3.63, 3.8) is 0 Å². The summed E-state index contributed by atoms with van der Waals surface area (Å²) in [5.74, 6) is -2.71. The van der Waals surface area contributed by atoms with Gasteiger partial charge < -0.3 is 25.7 Å². The van der Waals surface area contributed by atoms with E-state index >= 15 is 0 Å². The number of alkyl halides is 2. The van der Waals surface area contributed by atoms with Crippen molar-refractivity contribution in [1.82, 2.24) is 24.8 Å². The van der Waals surface area contributed by atoms with Crippen LogP contribution in [0.1, 0.15) is 44.0 Å². The first-order valence-corrected chi connectivity index (χ1v) is 11.7. The molecular weight excluding hydrogens is 514 g/mol. The molecule has 4 rings (SSSR count). The quantitative estimate of drug-likeness (QED) is 0.298. The van der Waals surface area contributed by atoms with Crippen LogP contribution >= 0.6 is 0 Å². The Balaban J connectivity index is 1.62. The maximum Gasteiger partial charge on any atom is 0.387 e. The van der Waals surface area contributed by atoms with Crippen molar-refractivity contribution in [3.8, 4) is 5.75 Å². The van der Waals surface area contributed by atoms with E-state index < -0.39 is 36.3 Å². The van der Waals surface area contributed by atoms with E-state index in [1.54, 1.807) is 18.2 Å². The average molecular weight is 539 g/mol. The van der Waals surface area contributed by atoms with Gasteiger partial charge in [0.05, 0.1) is 12.7 Å². The standard InChI is InChI=1S/C26H24F2N6O5/c1-14(23(36)30-2)34(13-17-5-3-4-6-20(17)39-26(27)28)24(37)19-10-31-22(32-19)25(38)33-11-16-8-7-15(21(29)35)9-18(16)12-33/h3-12,14,26H,13H2,1-2H3,(H2,29,35)(H,30,36)(H,31,32)/t14-/m1/s1. The van der Waals surface area contributed by atoms with E-state index in [0.717, 1.165) is 11.1 Å². The van der Waals surface area contributed by atoms with E-state index in [1.165, 1.54) is 55.2 Å². The van der Waals surface area contributed by atoms with Crippen LogP contribution in [0.4, 0.5) is 8.78 Å². The van der Waals surface area contributed by atoms with Gasteiger partial charge in [-0.25, -0.2) is 4.98 Å². The van der Waals surface area contributed by atoms with Crippen LogP contribution in [0.2, 0.25) is 0 Å². The summed E-state index contributed by atoms with van der Waals surface area (Å²) in [4.78, 5) is 58.3. The molecule has 0 aliphatic heterocycles. The number of imidazole rings is 1. The molecule has 3 amide bonds. The van der Waals surface area contributed by atoms with E-state index in [9.17, 15) is 28.0 Å². The summed E-state index contributed by atoms with van der Waals surface area (Å²) in [6.45, 7) is -1.86. The fraction of sp³-hybridized carbons (Fsp3) is 0.192. The SMILES string of the molecule is CNC(=O)[C@@H](C)N(Cc1ccccc1OC(F)F)C(=O)c1cnc(C(=O)n2cc3ccc(C(N)=O)cc3c2)[nH]1. The van der Waals surface area contributed by atoms with E-state index in [2.05, 4.69) is 20.0 Å². The highest BCUT2D eigenvalue weighted by Gasteiger charge is 2.29. The van der Waals surface area contributed by atoms with Crippen molar-refractivity contribution in [1.29, 1.82) is 0 Å². The lowest BCUT2D eigenvalue weighted by Gasteiger charge is -2.28. The van der Waals surface area contributed by atoms with Crippen molar-refractivity contribution in [2.24, 2.45) is 5.73 Å². The van der Waals surface area contributed by atoms with Crippen LogP contribution < -0.4 is 15.8 Å². The van der Waals surface area contributed by atoms with Gasteiger partial charge in [0.25, 0.3) is 11.8 Å². The van der Waals surface area contributed by atoms with Crippen LogP contribution in [0.25, 0.3) is 10.8 Å². The van der Waals surface area contributed by atoms with Gasteiger partial charge >= 0.3 is 6.61 Å². The minimum absolute atomic E-state index is 0.103. The number of hydrogen-bond acceptors (Lipinski definition) is 6. The number of fused-ring (bicyclic) bond motifs is 1. The molecule has 0 fully saturated rings. The number of likely N-dealkylation sites (N-methyl/N-ethyl adjacent to an activating group) is 1. The molecule has 1 atom stereocenters. The molecule has 13 heteroatoms. The molecule has 202 valence electrons. The Morgan fingerprint density at radius 3 is 2.54 bits per heavy atom. The number of rotatable bonds is 9. The molecule has 0 aliphatic rings. The predicted molar refractivity (Wildman–Crippen MR) is 135 cm³/mol. The van der Waals surface area contributed by atoms with Crippen molar-refractivity contribution < 1.29 is 32.7 Å². The number of amides is 3. The molecular formula is C26H24F2N6O5. The highest BCUT2D eigenvalue weighted by molar-refractivity contribution is 6.01. The Labute approximate surface area is 220 Å². The first-order valence-electron chi connectivity index (χ1n) is 11.7. The summed E-state index contributed by atoms with van der Waals surface area (Å²) in [6.07, 6.45) is 4.18. The van der Waals surface area contributed by atoms with E-state index in [-0.39, 0.29) is 34.9 Å². The number of nitrogens with two attached hydrogens (primary N) is 1. The van der Waals surface area contributed by atoms with Crippen LogP contribution in [-0.4, -0.2) is 62.8 Å². The zero-order valence-electron chi connectivity index (χ0n) is 20.9. The maximum atomic E-state index is 13.5. The van der Waals surface area contributed by atoms with E-state index in [0.29, 0.717) is 10.8 Å². The van der Waals surface area contributed by atoms with Gasteiger partial charge in [-0.15, -0.1) is 0 Å². The smallest absolute Gasteiger partial charge is 0.387 e. The number of ether oxygens (including phenoxy) is 1. The third-order valence-electron chi connectivity index (χ3n) is 6.05. The average Bonchev–Trinajstić information content (AvgIpc) is 3.58. The van der Waals surface area contributed by atoms with Gasteiger partial charge in [-0.3, -0.25) is 23.7 Å². The lowest BCUT2D eigenvalue weighted by atomic mass is 10.1. The molecule has 0 unspecified atom stereocenters. The number of H-pyrrole nitrogens is 1. The summed E-state index contributed by atoms with van der Waals surface area (Å²) in [5.41, 5.74) is 5.74. The summed E-state index contributed by atoms with van der Waals surface area (Å²) < 4.78 is 31.6. The molecule has 39 heavy (non-hydrogen) atoms. The number of aromatic nitrogens is 3.